The van der Waals surface area contributed by atoms with Gasteiger partial charge in [0.2, 0.25) is 0 Å². The minimum absolute atomic E-state index is 0.0294. The standard InChI is InChI=1S/C29H41NO4/c1-25(2,3)26(4,32)20-15-27-10-11-29(20,33-5)24-28(27)12-13-30(16-17-6-7-17)21(27)14-18-8-9-19(31)23(34-24)22(18)28/h8-9,17,20-21,24,31-32H,6-7,10-16H2,1-5H3/t20-,21?,24-,26?,27?,28+,29+/m1/s1. The first-order chi connectivity index (χ1) is 16.0. The van der Waals surface area contributed by atoms with Crippen molar-refractivity contribution >= 4 is 0 Å². The highest BCUT2D eigenvalue weighted by atomic mass is 16.6. The summed E-state index contributed by atoms with van der Waals surface area (Å²) >= 11 is 0. The van der Waals surface area contributed by atoms with Crippen LogP contribution in [0.5, 0.6) is 11.5 Å². The summed E-state index contributed by atoms with van der Waals surface area (Å²) in [6.07, 6.45) is 7.64. The van der Waals surface area contributed by atoms with Gasteiger partial charge in [0, 0.05) is 42.0 Å². The van der Waals surface area contributed by atoms with Gasteiger partial charge in [-0.2, -0.15) is 0 Å². The lowest BCUT2D eigenvalue weighted by Gasteiger charge is -2.75. The van der Waals surface area contributed by atoms with Gasteiger partial charge in [-0.15, -0.1) is 0 Å². The van der Waals surface area contributed by atoms with Crippen LogP contribution < -0.4 is 4.74 Å². The Labute approximate surface area is 203 Å². The quantitative estimate of drug-likeness (QED) is 0.687. The molecule has 1 saturated heterocycles. The number of hydrogen-bond acceptors (Lipinski definition) is 5. The van der Waals surface area contributed by atoms with Gasteiger partial charge in [-0.25, -0.2) is 0 Å². The lowest BCUT2D eigenvalue weighted by Crippen LogP contribution is -2.83. The molecule has 1 aromatic rings. The SMILES string of the molecule is CO[C@@]12CCC3(C[C@@H]1C(C)(O)C(C)(C)C)C1Cc4ccc(O)c5c4[C@@]3(CCN1CC1CC1)[C@H]2O5. The summed E-state index contributed by atoms with van der Waals surface area (Å²) in [5.41, 5.74) is 0.783. The van der Waals surface area contributed by atoms with Gasteiger partial charge in [-0.3, -0.25) is 4.90 Å². The van der Waals surface area contributed by atoms with Gasteiger partial charge in [0.05, 0.1) is 5.60 Å². The molecule has 5 heteroatoms. The predicted molar refractivity (Wildman–Crippen MR) is 130 cm³/mol. The van der Waals surface area contributed by atoms with Crippen molar-refractivity contribution < 1.29 is 19.7 Å². The highest BCUT2D eigenvalue weighted by Crippen LogP contribution is 2.78. The first kappa shape index (κ1) is 21.9. The van der Waals surface area contributed by atoms with Crippen molar-refractivity contribution in [3.05, 3.63) is 23.3 Å². The molecule has 8 rings (SSSR count). The normalized spacial score (nSPS) is 43.9. The summed E-state index contributed by atoms with van der Waals surface area (Å²) < 4.78 is 13.5. The Morgan fingerprint density at radius 3 is 2.59 bits per heavy atom. The van der Waals surface area contributed by atoms with Crippen molar-refractivity contribution in [2.45, 2.75) is 101 Å². The van der Waals surface area contributed by atoms with Crippen molar-refractivity contribution in [1.29, 1.82) is 0 Å². The highest BCUT2D eigenvalue weighted by Gasteiger charge is 2.82. The van der Waals surface area contributed by atoms with E-state index in [1.165, 1.54) is 30.5 Å². The Bertz CT molecular complexity index is 1060. The molecule has 5 aliphatic carbocycles. The van der Waals surface area contributed by atoms with Crippen LogP contribution in [0.4, 0.5) is 0 Å². The van der Waals surface area contributed by atoms with Crippen LogP contribution in [0.2, 0.25) is 0 Å². The predicted octanol–water partition coefficient (Wildman–Crippen LogP) is 4.41. The summed E-state index contributed by atoms with van der Waals surface area (Å²) in [5, 5.41) is 23.2. The lowest BCUT2D eigenvalue weighted by atomic mass is 9.33. The Morgan fingerprint density at radius 1 is 1.15 bits per heavy atom. The molecular formula is C29H41NO4. The van der Waals surface area contributed by atoms with Gasteiger partial charge in [0.1, 0.15) is 11.7 Å². The van der Waals surface area contributed by atoms with E-state index in [0.29, 0.717) is 11.8 Å². The molecule has 4 bridgehead atoms. The number of hydrogen-bond donors (Lipinski definition) is 2. The molecule has 0 radical (unpaired) electrons. The Balaban J connectivity index is 1.47. The lowest BCUT2D eigenvalue weighted by molar-refractivity contribution is -0.312. The zero-order valence-electron chi connectivity index (χ0n) is 21.5. The van der Waals surface area contributed by atoms with Crippen molar-refractivity contribution in [2.75, 3.05) is 20.2 Å². The zero-order valence-corrected chi connectivity index (χ0v) is 21.5. The minimum atomic E-state index is -0.909. The maximum atomic E-state index is 12.2. The number of methoxy groups -OCH3 is 1. The Morgan fingerprint density at radius 2 is 1.91 bits per heavy atom. The maximum Gasteiger partial charge on any atom is 0.165 e. The van der Waals surface area contributed by atoms with E-state index < -0.39 is 11.2 Å². The summed E-state index contributed by atoms with van der Waals surface area (Å²) in [7, 11) is 1.83. The van der Waals surface area contributed by atoms with Crippen molar-refractivity contribution in [2.24, 2.45) is 22.7 Å². The third-order valence-corrected chi connectivity index (χ3v) is 11.9. The molecule has 2 spiro atoms. The number of rotatable bonds is 4. The molecule has 186 valence electrons. The number of ether oxygens (including phenoxy) is 2. The number of phenols is 1. The molecule has 5 fully saturated rings. The number of piperidine rings is 1. The van der Waals surface area contributed by atoms with Crippen LogP contribution in [-0.4, -0.2) is 58.7 Å². The Hall–Kier alpha value is -1.30. The Kier molecular flexibility index (Phi) is 4.08. The van der Waals surface area contributed by atoms with Crippen molar-refractivity contribution in [3.8, 4) is 11.5 Å². The van der Waals surface area contributed by atoms with E-state index in [9.17, 15) is 10.2 Å². The third kappa shape index (κ3) is 2.25. The molecular weight excluding hydrogens is 426 g/mol. The first-order valence-corrected chi connectivity index (χ1v) is 13.6. The average Bonchev–Trinajstić information content (AvgIpc) is 3.53. The van der Waals surface area contributed by atoms with E-state index in [2.05, 4.69) is 31.7 Å². The largest absolute Gasteiger partial charge is 0.504 e. The van der Waals surface area contributed by atoms with Crippen molar-refractivity contribution in [1.82, 2.24) is 4.90 Å². The van der Waals surface area contributed by atoms with Gasteiger partial charge in [0.25, 0.3) is 0 Å². The summed E-state index contributed by atoms with van der Waals surface area (Å²) in [6.45, 7) is 10.8. The van der Waals surface area contributed by atoms with E-state index in [1.54, 1.807) is 0 Å². The fourth-order valence-electron chi connectivity index (χ4n) is 9.58. The van der Waals surface area contributed by atoms with Crippen molar-refractivity contribution in [3.63, 3.8) is 0 Å². The van der Waals surface area contributed by atoms with E-state index in [0.717, 1.165) is 44.6 Å². The number of benzene rings is 1. The average molecular weight is 468 g/mol. The number of aromatic hydroxyl groups is 1. The van der Waals surface area contributed by atoms with Crippen LogP contribution in [0.15, 0.2) is 12.1 Å². The molecule has 5 nitrogen and oxygen atoms in total. The monoisotopic (exact) mass is 467 g/mol. The van der Waals surface area contributed by atoms with E-state index in [-0.39, 0.29) is 34.0 Å². The number of phenolic OH excluding ortho intramolecular Hbond substituents is 1. The van der Waals surface area contributed by atoms with Crippen LogP contribution in [0.1, 0.15) is 77.3 Å². The summed E-state index contributed by atoms with van der Waals surface area (Å²) in [4.78, 5) is 2.82. The second kappa shape index (κ2) is 6.33. The molecule has 7 aliphatic rings. The second-order valence-electron chi connectivity index (χ2n) is 13.8. The van der Waals surface area contributed by atoms with E-state index >= 15 is 0 Å². The van der Waals surface area contributed by atoms with E-state index in [4.69, 9.17) is 9.47 Å². The number of fused-ring (bicyclic) bond motifs is 2. The van der Waals surface area contributed by atoms with Gasteiger partial charge in [-0.05, 0) is 81.4 Å². The molecule has 2 N–H and O–H groups in total. The van der Waals surface area contributed by atoms with Crippen LogP contribution in [0.3, 0.4) is 0 Å². The third-order valence-electron chi connectivity index (χ3n) is 11.9. The summed E-state index contributed by atoms with van der Waals surface area (Å²) in [6, 6.07) is 4.46. The fourth-order valence-corrected chi connectivity index (χ4v) is 9.58. The molecule has 1 aromatic carbocycles. The molecule has 4 saturated carbocycles. The second-order valence-corrected chi connectivity index (χ2v) is 13.8. The smallest absolute Gasteiger partial charge is 0.165 e. The molecule has 2 heterocycles. The van der Waals surface area contributed by atoms with Gasteiger partial charge in [0.15, 0.2) is 11.5 Å². The molecule has 34 heavy (non-hydrogen) atoms. The molecule has 7 atom stereocenters. The number of nitrogens with zero attached hydrogens (tertiary/aromatic N) is 1. The number of aliphatic hydroxyl groups is 1. The fraction of sp³-hybridized carbons (Fsp3) is 0.793. The van der Waals surface area contributed by atoms with Gasteiger partial charge < -0.3 is 19.7 Å². The zero-order chi connectivity index (χ0) is 23.9. The van der Waals surface area contributed by atoms with Crippen LogP contribution in [-0.2, 0) is 16.6 Å². The van der Waals surface area contributed by atoms with Crippen LogP contribution in [0.25, 0.3) is 0 Å². The van der Waals surface area contributed by atoms with Crippen LogP contribution >= 0.6 is 0 Å². The van der Waals surface area contributed by atoms with Crippen LogP contribution in [0, 0.1) is 22.7 Å². The highest BCUT2D eigenvalue weighted by molar-refractivity contribution is 5.63. The van der Waals surface area contributed by atoms with Gasteiger partial charge in [-0.1, -0.05) is 26.8 Å². The van der Waals surface area contributed by atoms with Gasteiger partial charge >= 0.3 is 0 Å². The maximum absolute atomic E-state index is 12.2. The molecule has 3 unspecified atom stereocenters. The van der Waals surface area contributed by atoms with E-state index in [1.807, 2.05) is 20.1 Å². The molecule has 2 aliphatic heterocycles. The minimum Gasteiger partial charge on any atom is -0.504 e. The topological polar surface area (TPSA) is 62.2 Å². The number of likely N-dealkylation sites (tertiary alicyclic amines) is 1. The first-order valence-electron chi connectivity index (χ1n) is 13.6. The molecule has 0 amide bonds. The summed E-state index contributed by atoms with van der Waals surface area (Å²) in [5.74, 6) is 1.80. The molecule has 0 aromatic heterocycles.